The van der Waals surface area contributed by atoms with Crippen molar-refractivity contribution in [2.75, 3.05) is 5.73 Å². The maximum absolute atomic E-state index is 5.36. The second-order valence-corrected chi connectivity index (χ2v) is 3.21. The minimum Gasteiger partial charge on any atom is -0.399 e. The molecule has 0 fully saturated rings. The quantitative estimate of drug-likeness (QED) is 0.666. The number of aromatic nitrogens is 2. The Morgan fingerprint density at radius 1 is 0.933 bits per heavy atom. The van der Waals surface area contributed by atoms with E-state index in [9.17, 15) is 0 Å². The fourth-order valence-electron chi connectivity index (χ4n) is 1.04. The number of para-hydroxylation sites is 1. The van der Waals surface area contributed by atoms with Crippen LogP contribution < -0.4 is 5.73 Å². The molecule has 1 aromatic carbocycles. The highest BCUT2D eigenvalue weighted by Gasteiger charge is 1.83. The number of aryl methyl sites for hydroxylation is 2. The highest BCUT2D eigenvalue weighted by molar-refractivity contribution is 5.35. The van der Waals surface area contributed by atoms with Crippen LogP contribution in [-0.4, -0.2) is 9.97 Å². The van der Waals surface area contributed by atoms with Crippen molar-refractivity contribution >= 4 is 5.69 Å². The second-order valence-electron chi connectivity index (χ2n) is 3.21. The van der Waals surface area contributed by atoms with E-state index < -0.39 is 0 Å². The van der Waals surface area contributed by atoms with E-state index in [1.54, 1.807) is 6.33 Å². The SMILES string of the molecule is Cc1cc(C)ncn1.Nc1ccccc1. The van der Waals surface area contributed by atoms with Crippen molar-refractivity contribution < 1.29 is 0 Å². The maximum atomic E-state index is 5.36. The molecule has 2 aromatic rings. The predicted molar refractivity (Wildman–Crippen MR) is 62.4 cm³/mol. The molecule has 0 bridgehead atoms. The molecule has 0 atom stereocenters. The molecular weight excluding hydrogens is 186 g/mol. The fourth-order valence-corrected chi connectivity index (χ4v) is 1.04. The van der Waals surface area contributed by atoms with Crippen LogP contribution in [0.25, 0.3) is 0 Å². The zero-order valence-corrected chi connectivity index (χ0v) is 9.01. The van der Waals surface area contributed by atoms with Gasteiger partial charge in [-0.3, -0.25) is 0 Å². The van der Waals surface area contributed by atoms with Gasteiger partial charge in [0.2, 0.25) is 0 Å². The lowest BCUT2D eigenvalue weighted by molar-refractivity contribution is 1.05. The van der Waals surface area contributed by atoms with Crippen LogP contribution in [0.3, 0.4) is 0 Å². The Hall–Kier alpha value is -1.90. The van der Waals surface area contributed by atoms with E-state index in [4.69, 9.17) is 5.73 Å². The van der Waals surface area contributed by atoms with Gasteiger partial charge < -0.3 is 5.73 Å². The van der Waals surface area contributed by atoms with Gasteiger partial charge in [-0.2, -0.15) is 0 Å². The first-order valence-electron chi connectivity index (χ1n) is 4.74. The van der Waals surface area contributed by atoms with E-state index in [1.807, 2.05) is 50.2 Å². The summed E-state index contributed by atoms with van der Waals surface area (Å²) >= 11 is 0. The fraction of sp³-hybridized carbons (Fsp3) is 0.167. The van der Waals surface area contributed by atoms with Crippen molar-refractivity contribution in [1.82, 2.24) is 9.97 Å². The number of hydrogen-bond donors (Lipinski definition) is 1. The minimum absolute atomic E-state index is 0.822. The van der Waals surface area contributed by atoms with Crippen LogP contribution >= 0.6 is 0 Å². The number of rotatable bonds is 0. The van der Waals surface area contributed by atoms with Crippen LogP contribution in [0.1, 0.15) is 11.4 Å². The second kappa shape index (κ2) is 5.75. The molecule has 15 heavy (non-hydrogen) atoms. The van der Waals surface area contributed by atoms with E-state index in [2.05, 4.69) is 9.97 Å². The van der Waals surface area contributed by atoms with Gasteiger partial charge >= 0.3 is 0 Å². The van der Waals surface area contributed by atoms with E-state index in [1.165, 1.54) is 0 Å². The van der Waals surface area contributed by atoms with Crippen molar-refractivity contribution in [3.05, 3.63) is 54.1 Å². The van der Waals surface area contributed by atoms with Gasteiger partial charge in [-0.1, -0.05) is 18.2 Å². The topological polar surface area (TPSA) is 51.8 Å². The Bertz CT molecular complexity index is 381. The molecule has 0 unspecified atom stereocenters. The van der Waals surface area contributed by atoms with Crippen LogP contribution in [0.2, 0.25) is 0 Å². The van der Waals surface area contributed by atoms with Crippen LogP contribution in [0.15, 0.2) is 42.7 Å². The summed E-state index contributed by atoms with van der Waals surface area (Å²) in [5, 5.41) is 0. The van der Waals surface area contributed by atoms with E-state index in [-0.39, 0.29) is 0 Å². The van der Waals surface area contributed by atoms with Gasteiger partial charge in [0.05, 0.1) is 0 Å². The van der Waals surface area contributed by atoms with Gasteiger partial charge in [0.1, 0.15) is 6.33 Å². The summed E-state index contributed by atoms with van der Waals surface area (Å²) in [5.41, 5.74) is 8.23. The highest BCUT2D eigenvalue weighted by Crippen LogP contribution is 1.95. The van der Waals surface area contributed by atoms with E-state index in [0.29, 0.717) is 0 Å². The highest BCUT2D eigenvalue weighted by atomic mass is 14.8. The van der Waals surface area contributed by atoms with Crippen LogP contribution in [0.5, 0.6) is 0 Å². The number of benzene rings is 1. The van der Waals surface area contributed by atoms with Gasteiger partial charge in [-0.15, -0.1) is 0 Å². The molecule has 0 saturated carbocycles. The molecule has 1 aromatic heterocycles. The Kier molecular flexibility index (Phi) is 4.29. The third-order valence-corrected chi connectivity index (χ3v) is 1.74. The molecule has 0 amide bonds. The lowest BCUT2D eigenvalue weighted by atomic mass is 10.3. The summed E-state index contributed by atoms with van der Waals surface area (Å²) in [4.78, 5) is 7.86. The zero-order valence-electron chi connectivity index (χ0n) is 9.01. The van der Waals surface area contributed by atoms with Gasteiger partial charge in [0.15, 0.2) is 0 Å². The van der Waals surface area contributed by atoms with Gasteiger partial charge in [0, 0.05) is 17.1 Å². The number of hydrogen-bond acceptors (Lipinski definition) is 3. The third-order valence-electron chi connectivity index (χ3n) is 1.74. The summed E-state index contributed by atoms with van der Waals surface area (Å²) in [7, 11) is 0. The molecule has 0 aliphatic heterocycles. The molecule has 2 N–H and O–H groups in total. The van der Waals surface area contributed by atoms with Crippen LogP contribution in [-0.2, 0) is 0 Å². The first-order chi connectivity index (χ1) is 7.18. The number of anilines is 1. The zero-order chi connectivity index (χ0) is 11.1. The van der Waals surface area contributed by atoms with Crippen LogP contribution in [0, 0.1) is 13.8 Å². The predicted octanol–water partition coefficient (Wildman–Crippen LogP) is 2.36. The lowest BCUT2D eigenvalue weighted by Crippen LogP contribution is -1.84. The van der Waals surface area contributed by atoms with Crippen molar-refractivity contribution in [2.24, 2.45) is 0 Å². The van der Waals surface area contributed by atoms with Crippen LogP contribution in [0.4, 0.5) is 5.69 Å². The Balaban J connectivity index is 0.000000151. The van der Waals surface area contributed by atoms with Crippen molar-refractivity contribution in [1.29, 1.82) is 0 Å². The first-order valence-corrected chi connectivity index (χ1v) is 4.74. The summed E-state index contributed by atoms with van der Waals surface area (Å²) in [6.07, 6.45) is 1.57. The Morgan fingerprint density at radius 2 is 1.47 bits per heavy atom. The van der Waals surface area contributed by atoms with Gasteiger partial charge in [-0.25, -0.2) is 9.97 Å². The summed E-state index contributed by atoms with van der Waals surface area (Å²) in [6.45, 7) is 3.91. The normalized spacial score (nSPS) is 8.93. The third kappa shape index (κ3) is 4.76. The van der Waals surface area contributed by atoms with Crippen molar-refractivity contribution in [3.63, 3.8) is 0 Å². The van der Waals surface area contributed by atoms with Crippen molar-refractivity contribution in [3.8, 4) is 0 Å². The smallest absolute Gasteiger partial charge is 0.115 e. The first kappa shape index (κ1) is 11.2. The largest absolute Gasteiger partial charge is 0.399 e. The Labute approximate surface area is 90.0 Å². The molecule has 0 spiro atoms. The number of nitrogens with zero attached hydrogens (tertiary/aromatic N) is 2. The molecule has 78 valence electrons. The lowest BCUT2D eigenvalue weighted by Gasteiger charge is -1.89. The van der Waals surface area contributed by atoms with E-state index >= 15 is 0 Å². The molecule has 2 rings (SSSR count). The Morgan fingerprint density at radius 3 is 1.73 bits per heavy atom. The average molecular weight is 201 g/mol. The number of nitrogens with two attached hydrogens (primary N) is 1. The standard InChI is InChI=1S/C6H8N2.C6H7N/c1-5-3-6(2)8-4-7-5;7-6-4-2-1-3-5-6/h3-4H,1-2H3;1-5H,7H2. The molecule has 0 radical (unpaired) electrons. The minimum atomic E-state index is 0.822. The molecule has 1 heterocycles. The van der Waals surface area contributed by atoms with Crippen molar-refractivity contribution in [2.45, 2.75) is 13.8 Å². The maximum Gasteiger partial charge on any atom is 0.115 e. The summed E-state index contributed by atoms with van der Waals surface area (Å²) in [6, 6.07) is 11.4. The van der Waals surface area contributed by atoms with Gasteiger partial charge in [0.25, 0.3) is 0 Å². The molecule has 0 aliphatic rings. The van der Waals surface area contributed by atoms with Gasteiger partial charge in [-0.05, 0) is 32.0 Å². The molecule has 0 saturated heterocycles. The molecule has 0 aliphatic carbocycles. The number of nitrogen functional groups attached to an aromatic ring is 1. The summed E-state index contributed by atoms with van der Waals surface area (Å²) < 4.78 is 0. The van der Waals surface area contributed by atoms with E-state index in [0.717, 1.165) is 17.1 Å². The monoisotopic (exact) mass is 201 g/mol. The molecule has 3 nitrogen and oxygen atoms in total. The summed E-state index contributed by atoms with van der Waals surface area (Å²) in [5.74, 6) is 0. The average Bonchev–Trinajstić information content (AvgIpc) is 2.19. The molecular formula is C12H15N3. The molecule has 3 heteroatoms.